The molecule has 0 fully saturated rings. The third kappa shape index (κ3) is 1.40. The molecule has 0 spiro atoms. The summed E-state index contributed by atoms with van der Waals surface area (Å²) in [5.74, 6) is 0. The van der Waals surface area contributed by atoms with Crippen molar-refractivity contribution in [3.63, 3.8) is 0 Å². The Bertz CT molecular complexity index is 441. The second kappa shape index (κ2) is 3.66. The van der Waals surface area contributed by atoms with Crippen molar-refractivity contribution >= 4 is 8.37 Å². The number of rotatable bonds is 3. The zero-order chi connectivity index (χ0) is 10.8. The third-order valence-electron chi connectivity index (χ3n) is 1.56. The molecule has 0 saturated heterocycles. The first kappa shape index (κ1) is 8.91. The van der Waals surface area contributed by atoms with Crippen molar-refractivity contribution in [1.29, 1.82) is 0 Å². The van der Waals surface area contributed by atoms with Gasteiger partial charge >= 0.3 is 0 Å². The minimum atomic E-state index is -1.29. The summed E-state index contributed by atoms with van der Waals surface area (Å²) in [7, 11) is -1.29. The van der Waals surface area contributed by atoms with E-state index < -0.39 is 8.37 Å². The van der Waals surface area contributed by atoms with E-state index in [2.05, 4.69) is 46.6 Å². The van der Waals surface area contributed by atoms with Crippen molar-refractivity contribution < 1.29 is 0 Å². The first-order chi connectivity index (χ1) is 7.95. The molecule has 0 unspecified atom stereocenters. The van der Waals surface area contributed by atoms with Crippen molar-refractivity contribution in [3.05, 3.63) is 19.0 Å². The standard InChI is InChI=1S/C3H3N12P/c1-4-7-10-13(1)16(14-2-5-8-11-14)15-3-6-9-12-15/h1-3H. The molecule has 0 aromatic carbocycles. The number of nitrogens with zero attached hydrogens (tertiary/aromatic N) is 12. The maximum absolute atomic E-state index is 3.78. The average Bonchev–Trinajstić information content (AvgIpc) is 3.02. The van der Waals surface area contributed by atoms with Crippen LogP contribution in [0.1, 0.15) is 0 Å². The van der Waals surface area contributed by atoms with Gasteiger partial charge in [0, 0.05) is 0 Å². The Morgan fingerprint density at radius 1 is 0.625 bits per heavy atom. The van der Waals surface area contributed by atoms with Gasteiger partial charge in [-0.15, -0.1) is 15.3 Å². The minimum absolute atomic E-state index is 1.29. The van der Waals surface area contributed by atoms with Crippen LogP contribution in [-0.2, 0) is 0 Å². The SMILES string of the molecule is c1nnnn1P(n1cnnn1)n1cnnn1. The van der Waals surface area contributed by atoms with Crippen LogP contribution in [0.5, 0.6) is 0 Å². The van der Waals surface area contributed by atoms with Crippen LogP contribution >= 0.6 is 8.37 Å². The van der Waals surface area contributed by atoms with Crippen molar-refractivity contribution in [2.75, 3.05) is 0 Å². The van der Waals surface area contributed by atoms with E-state index in [1.54, 1.807) is 0 Å². The normalized spacial score (nSPS) is 11.1. The van der Waals surface area contributed by atoms with Gasteiger partial charge in [0.15, 0.2) is 0 Å². The monoisotopic (exact) mass is 238 g/mol. The zero-order valence-electron chi connectivity index (χ0n) is 7.55. The molecule has 0 saturated carbocycles. The smallest absolute Gasteiger partial charge is 0.169 e. The van der Waals surface area contributed by atoms with Crippen LogP contribution in [0.25, 0.3) is 0 Å². The lowest BCUT2D eigenvalue weighted by molar-refractivity contribution is 0.755. The van der Waals surface area contributed by atoms with E-state index in [9.17, 15) is 0 Å². The second-order valence-electron chi connectivity index (χ2n) is 2.46. The van der Waals surface area contributed by atoms with Gasteiger partial charge < -0.3 is 0 Å². The molecule has 80 valence electrons. The highest BCUT2D eigenvalue weighted by molar-refractivity contribution is 7.52. The summed E-state index contributed by atoms with van der Waals surface area (Å²) in [6.45, 7) is 0. The molecule has 0 amide bonds. The molecule has 16 heavy (non-hydrogen) atoms. The molecule has 12 nitrogen and oxygen atoms in total. The van der Waals surface area contributed by atoms with Crippen LogP contribution in [0.2, 0.25) is 0 Å². The quantitative estimate of drug-likeness (QED) is 0.467. The number of hydrogen-bond donors (Lipinski definition) is 0. The van der Waals surface area contributed by atoms with E-state index >= 15 is 0 Å². The van der Waals surface area contributed by atoms with Gasteiger partial charge in [0.05, 0.1) is 0 Å². The van der Waals surface area contributed by atoms with Gasteiger partial charge in [-0.3, -0.25) is 0 Å². The van der Waals surface area contributed by atoms with Crippen molar-refractivity contribution in [3.8, 4) is 0 Å². The summed E-state index contributed by atoms with van der Waals surface area (Å²) in [5.41, 5.74) is 0. The van der Waals surface area contributed by atoms with Gasteiger partial charge in [0.25, 0.3) is 8.37 Å². The maximum Gasteiger partial charge on any atom is 0.281 e. The molecule has 0 N–H and O–H groups in total. The molecule has 3 heterocycles. The summed E-state index contributed by atoms with van der Waals surface area (Å²) in [6.07, 6.45) is 4.32. The topological polar surface area (TPSA) is 131 Å². The van der Waals surface area contributed by atoms with E-state index in [0.717, 1.165) is 0 Å². The Labute approximate surface area is 88.2 Å². The van der Waals surface area contributed by atoms with Crippen LogP contribution in [-0.4, -0.2) is 59.9 Å². The molecule has 0 aliphatic heterocycles. The third-order valence-corrected chi connectivity index (χ3v) is 3.21. The Morgan fingerprint density at radius 2 is 1.00 bits per heavy atom. The molecular formula is C3H3N12P. The van der Waals surface area contributed by atoms with Crippen molar-refractivity contribution in [1.82, 2.24) is 59.9 Å². The Hall–Kier alpha value is -2.36. The summed E-state index contributed by atoms with van der Waals surface area (Å²) < 4.78 is 4.42. The summed E-state index contributed by atoms with van der Waals surface area (Å²) in [4.78, 5) is 0. The molecule has 0 atom stereocenters. The molecule has 0 aliphatic rings. The lowest BCUT2D eigenvalue weighted by Crippen LogP contribution is -2.11. The van der Waals surface area contributed by atoms with Crippen LogP contribution in [0.4, 0.5) is 0 Å². The highest BCUT2D eigenvalue weighted by atomic mass is 31.1. The zero-order valence-corrected chi connectivity index (χ0v) is 8.44. The lowest BCUT2D eigenvalue weighted by atomic mass is 11.4. The Kier molecular flexibility index (Phi) is 2.04. The van der Waals surface area contributed by atoms with Crippen LogP contribution in [0.15, 0.2) is 19.0 Å². The summed E-state index contributed by atoms with van der Waals surface area (Å²) in [5, 5.41) is 32.6. The lowest BCUT2D eigenvalue weighted by Gasteiger charge is -2.11. The minimum Gasteiger partial charge on any atom is -0.169 e. The van der Waals surface area contributed by atoms with Gasteiger partial charge in [-0.25, -0.2) is 0 Å². The van der Waals surface area contributed by atoms with Gasteiger partial charge in [-0.2, -0.15) is 13.4 Å². The van der Waals surface area contributed by atoms with E-state index in [1.165, 1.54) is 32.3 Å². The molecule has 3 aromatic rings. The van der Waals surface area contributed by atoms with E-state index in [-0.39, 0.29) is 0 Å². The molecule has 13 heteroatoms. The highest BCUT2D eigenvalue weighted by Gasteiger charge is 2.20. The van der Waals surface area contributed by atoms with Gasteiger partial charge in [0.2, 0.25) is 0 Å². The Balaban J connectivity index is 2.09. The number of tetrazole rings is 3. The first-order valence-corrected chi connectivity index (χ1v) is 5.15. The summed E-state index contributed by atoms with van der Waals surface area (Å²) >= 11 is 0. The van der Waals surface area contributed by atoms with Crippen molar-refractivity contribution in [2.45, 2.75) is 0 Å². The number of hydrogen-bond acceptors (Lipinski definition) is 9. The molecule has 3 aromatic heterocycles. The van der Waals surface area contributed by atoms with Gasteiger partial charge in [-0.05, 0) is 31.3 Å². The van der Waals surface area contributed by atoms with Gasteiger partial charge in [0.1, 0.15) is 19.0 Å². The fourth-order valence-electron chi connectivity index (χ4n) is 0.997. The van der Waals surface area contributed by atoms with Gasteiger partial charge in [-0.1, -0.05) is 0 Å². The average molecular weight is 238 g/mol. The fraction of sp³-hybridized carbons (Fsp3) is 0. The van der Waals surface area contributed by atoms with Crippen LogP contribution < -0.4 is 0 Å². The predicted molar refractivity (Wildman–Crippen MR) is 46.6 cm³/mol. The summed E-state index contributed by atoms with van der Waals surface area (Å²) in [6, 6.07) is 0. The molecule has 0 aliphatic carbocycles. The predicted octanol–water partition coefficient (Wildman–Crippen LogP) is -2.18. The number of aromatic nitrogens is 12. The largest absolute Gasteiger partial charge is 0.281 e. The van der Waals surface area contributed by atoms with Crippen molar-refractivity contribution in [2.24, 2.45) is 0 Å². The molecule has 0 radical (unpaired) electrons. The van der Waals surface area contributed by atoms with E-state index in [0.29, 0.717) is 0 Å². The maximum atomic E-state index is 3.78. The molecule has 3 rings (SSSR count). The molecule has 0 bridgehead atoms. The van der Waals surface area contributed by atoms with Crippen LogP contribution in [0.3, 0.4) is 0 Å². The molecular weight excluding hydrogens is 235 g/mol. The Morgan fingerprint density at radius 3 is 1.25 bits per heavy atom. The van der Waals surface area contributed by atoms with E-state index in [1.807, 2.05) is 0 Å². The second-order valence-corrected chi connectivity index (χ2v) is 4.23. The highest BCUT2D eigenvalue weighted by Crippen LogP contribution is 2.35. The van der Waals surface area contributed by atoms with Crippen LogP contribution in [0, 0.1) is 0 Å². The first-order valence-electron chi connectivity index (χ1n) is 3.95. The van der Waals surface area contributed by atoms with E-state index in [4.69, 9.17) is 0 Å². The fourth-order valence-corrected chi connectivity index (χ4v) is 2.30.